The molecule has 1 fully saturated rings. The lowest BCUT2D eigenvalue weighted by Gasteiger charge is -2.22. The molecule has 0 bridgehead atoms. The number of carbonyl (C=O) groups is 2. The van der Waals surface area contributed by atoms with Gasteiger partial charge in [0.25, 0.3) is 5.91 Å². The number of esters is 1. The molecule has 2 heterocycles. The van der Waals surface area contributed by atoms with E-state index in [0.29, 0.717) is 13.0 Å². The fourth-order valence-electron chi connectivity index (χ4n) is 2.67. The molecule has 1 saturated heterocycles. The zero-order valence-electron chi connectivity index (χ0n) is 12.1. The van der Waals surface area contributed by atoms with E-state index in [-0.39, 0.29) is 11.9 Å². The number of carbonyl (C=O) groups excluding carboxylic acids is 2. The highest BCUT2D eigenvalue weighted by molar-refractivity contribution is 7.09. The molecule has 1 aromatic carbocycles. The standard InChI is InChI=1S/C16H16N2O3S/c1-11(19)21-14-9-13(15-17-7-8-22-15)18(16(14)20)10-12-5-3-2-4-6-12/h2-8,13-14H,9-10H2,1H3/t13-,14-/m1/s1. The van der Waals surface area contributed by atoms with E-state index in [1.807, 2.05) is 35.7 Å². The van der Waals surface area contributed by atoms with Crippen LogP contribution in [0.2, 0.25) is 0 Å². The van der Waals surface area contributed by atoms with Gasteiger partial charge in [-0.2, -0.15) is 0 Å². The van der Waals surface area contributed by atoms with Gasteiger partial charge in [0.05, 0.1) is 6.04 Å². The number of amides is 1. The number of aromatic nitrogens is 1. The van der Waals surface area contributed by atoms with E-state index in [9.17, 15) is 9.59 Å². The summed E-state index contributed by atoms with van der Waals surface area (Å²) < 4.78 is 5.17. The summed E-state index contributed by atoms with van der Waals surface area (Å²) in [5.74, 6) is -0.586. The molecule has 0 aliphatic carbocycles. The van der Waals surface area contributed by atoms with Crippen molar-refractivity contribution in [2.75, 3.05) is 0 Å². The molecule has 0 spiro atoms. The molecular formula is C16H16N2O3S. The number of thiazole rings is 1. The fourth-order valence-corrected chi connectivity index (χ4v) is 3.43. The van der Waals surface area contributed by atoms with Crippen molar-refractivity contribution in [3.8, 4) is 0 Å². The summed E-state index contributed by atoms with van der Waals surface area (Å²) in [6.07, 6.45) is 1.47. The van der Waals surface area contributed by atoms with Gasteiger partial charge in [0.1, 0.15) is 5.01 Å². The Kier molecular flexibility index (Phi) is 4.20. The van der Waals surface area contributed by atoms with Gasteiger partial charge < -0.3 is 9.64 Å². The highest BCUT2D eigenvalue weighted by atomic mass is 32.1. The highest BCUT2D eigenvalue weighted by Gasteiger charge is 2.43. The van der Waals surface area contributed by atoms with Crippen molar-refractivity contribution in [3.05, 3.63) is 52.5 Å². The van der Waals surface area contributed by atoms with E-state index in [2.05, 4.69) is 4.98 Å². The number of hydrogen-bond donors (Lipinski definition) is 0. The maximum absolute atomic E-state index is 12.6. The van der Waals surface area contributed by atoms with Crippen molar-refractivity contribution < 1.29 is 14.3 Å². The second kappa shape index (κ2) is 6.27. The summed E-state index contributed by atoms with van der Waals surface area (Å²) in [4.78, 5) is 29.8. The maximum atomic E-state index is 12.6. The number of hydrogen-bond acceptors (Lipinski definition) is 5. The van der Waals surface area contributed by atoms with Crippen molar-refractivity contribution >= 4 is 23.2 Å². The topological polar surface area (TPSA) is 59.5 Å². The molecular weight excluding hydrogens is 300 g/mol. The fraction of sp³-hybridized carbons (Fsp3) is 0.312. The Bertz CT molecular complexity index is 657. The number of ether oxygens (including phenoxy) is 1. The average Bonchev–Trinajstić information content (AvgIpc) is 3.11. The predicted octanol–water partition coefficient (Wildman–Crippen LogP) is 2.55. The van der Waals surface area contributed by atoms with Crippen molar-refractivity contribution in [1.29, 1.82) is 0 Å². The second-order valence-electron chi connectivity index (χ2n) is 5.17. The Hall–Kier alpha value is -2.21. The number of nitrogens with zero attached hydrogens (tertiary/aromatic N) is 2. The first-order valence-corrected chi connectivity index (χ1v) is 7.94. The summed E-state index contributed by atoms with van der Waals surface area (Å²) in [5, 5.41) is 2.76. The lowest BCUT2D eigenvalue weighted by atomic mass is 10.2. The molecule has 22 heavy (non-hydrogen) atoms. The minimum Gasteiger partial charge on any atom is -0.452 e. The quantitative estimate of drug-likeness (QED) is 0.813. The summed E-state index contributed by atoms with van der Waals surface area (Å²) in [6.45, 7) is 1.81. The molecule has 0 radical (unpaired) electrons. The first-order valence-electron chi connectivity index (χ1n) is 7.06. The van der Waals surface area contributed by atoms with E-state index in [1.165, 1.54) is 18.3 Å². The first kappa shape index (κ1) is 14.7. The van der Waals surface area contributed by atoms with Crippen molar-refractivity contribution in [3.63, 3.8) is 0 Å². The van der Waals surface area contributed by atoms with Gasteiger partial charge in [-0.05, 0) is 5.56 Å². The van der Waals surface area contributed by atoms with Crippen LogP contribution >= 0.6 is 11.3 Å². The van der Waals surface area contributed by atoms with Crippen molar-refractivity contribution in [2.45, 2.75) is 32.0 Å². The van der Waals surface area contributed by atoms with Crippen LogP contribution in [0.15, 0.2) is 41.9 Å². The Morgan fingerprint density at radius 2 is 2.18 bits per heavy atom. The summed E-state index contributed by atoms with van der Waals surface area (Å²) in [7, 11) is 0. The monoisotopic (exact) mass is 316 g/mol. The van der Waals surface area contributed by atoms with Gasteiger partial charge in [-0.25, -0.2) is 4.98 Å². The van der Waals surface area contributed by atoms with E-state index in [4.69, 9.17) is 4.74 Å². The van der Waals surface area contributed by atoms with Gasteiger partial charge in [0.15, 0.2) is 6.10 Å². The number of rotatable bonds is 4. The molecule has 2 atom stereocenters. The van der Waals surface area contributed by atoms with Gasteiger partial charge in [-0.15, -0.1) is 11.3 Å². The van der Waals surface area contributed by atoms with Gasteiger partial charge in [0.2, 0.25) is 0 Å². The van der Waals surface area contributed by atoms with E-state index >= 15 is 0 Å². The lowest BCUT2D eigenvalue weighted by Crippen LogP contribution is -2.32. The maximum Gasteiger partial charge on any atom is 0.303 e. The third-order valence-corrected chi connectivity index (χ3v) is 4.49. The molecule has 2 aromatic rings. The molecule has 1 aliphatic rings. The summed E-state index contributed by atoms with van der Waals surface area (Å²) >= 11 is 1.51. The van der Waals surface area contributed by atoms with Crippen LogP contribution in [0.4, 0.5) is 0 Å². The first-order chi connectivity index (χ1) is 10.6. The smallest absolute Gasteiger partial charge is 0.303 e. The van der Waals surface area contributed by atoms with Crippen LogP contribution in [0.25, 0.3) is 0 Å². The third-order valence-electron chi connectivity index (χ3n) is 3.61. The SMILES string of the molecule is CC(=O)O[C@@H]1C[C@H](c2nccs2)N(Cc2ccccc2)C1=O. The molecule has 0 unspecified atom stereocenters. The van der Waals surface area contributed by atoms with Crippen molar-refractivity contribution in [1.82, 2.24) is 9.88 Å². The van der Waals surface area contributed by atoms with E-state index in [0.717, 1.165) is 10.6 Å². The van der Waals surface area contributed by atoms with Crippen LogP contribution < -0.4 is 0 Å². The Balaban J connectivity index is 1.85. The zero-order chi connectivity index (χ0) is 15.5. The van der Waals surface area contributed by atoms with Gasteiger partial charge >= 0.3 is 5.97 Å². The molecule has 5 nitrogen and oxygen atoms in total. The van der Waals surface area contributed by atoms with Gasteiger partial charge in [-0.3, -0.25) is 9.59 Å². The lowest BCUT2D eigenvalue weighted by molar-refractivity contribution is -0.154. The minimum absolute atomic E-state index is 0.142. The zero-order valence-corrected chi connectivity index (χ0v) is 13.0. The molecule has 3 rings (SSSR count). The second-order valence-corrected chi connectivity index (χ2v) is 6.10. The predicted molar refractivity (Wildman–Crippen MR) is 82.0 cm³/mol. The Morgan fingerprint density at radius 1 is 1.41 bits per heavy atom. The molecule has 1 aromatic heterocycles. The normalized spacial score (nSPS) is 21.1. The third kappa shape index (κ3) is 3.01. The molecule has 1 aliphatic heterocycles. The van der Waals surface area contributed by atoms with E-state index in [1.54, 1.807) is 11.1 Å². The van der Waals surface area contributed by atoms with Crippen LogP contribution in [0, 0.1) is 0 Å². The average molecular weight is 316 g/mol. The Morgan fingerprint density at radius 3 is 2.82 bits per heavy atom. The highest BCUT2D eigenvalue weighted by Crippen LogP contribution is 2.36. The van der Waals surface area contributed by atoms with Crippen LogP contribution in [0.3, 0.4) is 0 Å². The molecule has 0 saturated carbocycles. The Labute approximate surface area is 132 Å². The summed E-state index contributed by atoms with van der Waals surface area (Å²) in [5.41, 5.74) is 1.04. The van der Waals surface area contributed by atoms with Gasteiger partial charge in [-0.1, -0.05) is 30.3 Å². The van der Waals surface area contributed by atoms with Crippen molar-refractivity contribution in [2.24, 2.45) is 0 Å². The number of benzene rings is 1. The van der Waals surface area contributed by atoms with Crippen LogP contribution in [-0.2, 0) is 20.9 Å². The van der Waals surface area contributed by atoms with Crippen LogP contribution in [-0.4, -0.2) is 27.9 Å². The van der Waals surface area contributed by atoms with Crippen LogP contribution in [0.1, 0.15) is 30.0 Å². The minimum atomic E-state index is -0.713. The molecule has 0 N–H and O–H groups in total. The molecule has 114 valence electrons. The largest absolute Gasteiger partial charge is 0.452 e. The summed E-state index contributed by atoms with van der Waals surface area (Å²) in [6, 6.07) is 9.64. The number of likely N-dealkylation sites (tertiary alicyclic amines) is 1. The molecule has 6 heteroatoms. The van der Waals surface area contributed by atoms with Crippen LogP contribution in [0.5, 0.6) is 0 Å². The molecule has 1 amide bonds. The van der Waals surface area contributed by atoms with E-state index < -0.39 is 12.1 Å². The van der Waals surface area contributed by atoms with Gasteiger partial charge in [0, 0.05) is 31.5 Å².